The molecule has 1 rings (SSSR count). The van der Waals surface area contributed by atoms with Gasteiger partial charge in [0, 0.05) is 25.8 Å². The second-order valence-corrected chi connectivity index (χ2v) is 16.8. The maximum Gasteiger partial charge on any atom is 0.408 e. The van der Waals surface area contributed by atoms with Gasteiger partial charge in [0.1, 0.15) is 22.8 Å². The average Bonchev–Trinajstić information content (AvgIpc) is 3.02. The number of carbonyl (C=O) groups is 7. The Kier molecular flexibility index (Phi) is 21.9. The molecule has 0 aliphatic heterocycles. The van der Waals surface area contributed by atoms with Gasteiger partial charge in [-0.05, 0) is 104 Å². The summed E-state index contributed by atoms with van der Waals surface area (Å²) >= 11 is 0. The third-order valence-corrected chi connectivity index (χ3v) is 7.20. The lowest BCUT2D eigenvalue weighted by atomic mass is 10.0. The number of esters is 2. The van der Waals surface area contributed by atoms with E-state index in [9.17, 15) is 33.6 Å². The van der Waals surface area contributed by atoms with E-state index in [0.29, 0.717) is 18.7 Å². The van der Waals surface area contributed by atoms with Gasteiger partial charge in [-0.25, -0.2) is 9.59 Å². The highest BCUT2D eigenvalue weighted by Gasteiger charge is 2.28. The summed E-state index contributed by atoms with van der Waals surface area (Å²) in [6, 6.07) is 3.97. The van der Waals surface area contributed by atoms with E-state index in [-0.39, 0.29) is 44.5 Å². The van der Waals surface area contributed by atoms with Crippen LogP contribution in [0.25, 0.3) is 0 Å². The molecule has 6 amide bonds. The number of alkyl carbamates (subject to hydrolysis) is 1. The number of anilines is 1. The summed E-state index contributed by atoms with van der Waals surface area (Å²) in [5, 5.41) is 10.3. The predicted molar refractivity (Wildman–Crippen MR) is 218 cm³/mol. The van der Waals surface area contributed by atoms with Crippen molar-refractivity contribution in [3.63, 3.8) is 0 Å². The number of benzene rings is 1. The van der Waals surface area contributed by atoms with Crippen LogP contribution in [0, 0.1) is 5.92 Å². The number of rotatable bonds is 17. The van der Waals surface area contributed by atoms with Gasteiger partial charge >= 0.3 is 24.1 Å². The standard InChI is InChI=1S/C36H59N5O9.C4H10N2O/c1-14-24-15-16-26(38-27(42)18-37-32(46)31(23(2)3)39-33(47)50-36(10,11)12)17-25(24)19-40(13)28(43)20-41(21-29(44)48-34(4,5)6)22-30(45)49-35(7,8)9;1-2-3-6-4(5)7/h15-17,23,31H,14,18-22H2,1-13H3,(H,37,46)(H,38,42)(H,39,47);2-3H2,1H3,(H3,5,6,7). The number of likely N-dealkylation sites (N-methyl/N-ethyl adjacent to an activating group) is 1. The number of nitrogens with zero attached hydrogens (tertiary/aromatic N) is 2. The molecule has 6 N–H and O–H groups in total. The lowest BCUT2D eigenvalue weighted by Crippen LogP contribution is -2.52. The average molecular weight is 808 g/mol. The van der Waals surface area contributed by atoms with Crippen molar-refractivity contribution < 1.29 is 47.8 Å². The summed E-state index contributed by atoms with van der Waals surface area (Å²) in [6.07, 6.45) is 0.858. The number of amides is 6. The Balaban J connectivity index is 0.00000407. The molecule has 17 nitrogen and oxygen atoms in total. The molecule has 324 valence electrons. The molecule has 1 atom stereocenters. The van der Waals surface area contributed by atoms with Gasteiger partial charge in [0.2, 0.25) is 17.7 Å². The Morgan fingerprint density at radius 3 is 1.70 bits per heavy atom. The fraction of sp³-hybridized carbons (Fsp3) is 0.675. The van der Waals surface area contributed by atoms with Crippen molar-refractivity contribution in [1.29, 1.82) is 0 Å². The molecule has 1 aromatic carbocycles. The normalized spacial score (nSPS) is 12.0. The van der Waals surface area contributed by atoms with Gasteiger partial charge in [-0.15, -0.1) is 0 Å². The van der Waals surface area contributed by atoms with E-state index >= 15 is 0 Å². The molecule has 0 radical (unpaired) electrons. The zero-order valence-corrected chi connectivity index (χ0v) is 36.6. The number of carbonyl (C=O) groups excluding carboxylic acids is 7. The van der Waals surface area contributed by atoms with Crippen LogP contribution < -0.4 is 27.0 Å². The minimum Gasteiger partial charge on any atom is -0.459 e. The van der Waals surface area contributed by atoms with Gasteiger partial charge in [-0.2, -0.15) is 0 Å². The van der Waals surface area contributed by atoms with Crippen molar-refractivity contribution >= 4 is 47.5 Å². The van der Waals surface area contributed by atoms with Crippen LogP contribution in [0.1, 0.15) is 108 Å². The number of hydrogen-bond acceptors (Lipinski definition) is 11. The van der Waals surface area contributed by atoms with Crippen LogP contribution in [-0.4, -0.2) is 114 Å². The molecule has 0 aliphatic rings. The van der Waals surface area contributed by atoms with Gasteiger partial charge < -0.3 is 46.1 Å². The first-order valence-electron chi connectivity index (χ1n) is 19.2. The van der Waals surface area contributed by atoms with Crippen LogP contribution in [0.3, 0.4) is 0 Å². The molecule has 0 saturated carbocycles. The topological polar surface area (TPSA) is 228 Å². The lowest BCUT2D eigenvalue weighted by molar-refractivity contribution is -0.160. The first-order valence-corrected chi connectivity index (χ1v) is 19.2. The first-order chi connectivity index (χ1) is 26.0. The second kappa shape index (κ2) is 24.0. The highest BCUT2D eigenvalue weighted by atomic mass is 16.6. The van der Waals surface area contributed by atoms with E-state index in [0.717, 1.165) is 17.5 Å². The van der Waals surface area contributed by atoms with Crippen molar-refractivity contribution in [2.24, 2.45) is 11.7 Å². The summed E-state index contributed by atoms with van der Waals surface area (Å²) in [6.45, 7) is 22.7. The van der Waals surface area contributed by atoms with E-state index in [1.807, 2.05) is 19.9 Å². The van der Waals surface area contributed by atoms with Crippen LogP contribution >= 0.6 is 0 Å². The maximum atomic E-state index is 13.4. The molecule has 1 unspecified atom stereocenters. The van der Waals surface area contributed by atoms with Gasteiger partial charge in [0.15, 0.2) is 0 Å². The zero-order valence-electron chi connectivity index (χ0n) is 36.6. The minimum atomic E-state index is -0.912. The second-order valence-electron chi connectivity index (χ2n) is 16.8. The van der Waals surface area contributed by atoms with Gasteiger partial charge in [-0.1, -0.05) is 33.8 Å². The third kappa shape index (κ3) is 25.0. The largest absolute Gasteiger partial charge is 0.459 e. The molecule has 0 aromatic heterocycles. The van der Waals surface area contributed by atoms with Crippen molar-refractivity contribution in [3.8, 4) is 0 Å². The van der Waals surface area contributed by atoms with Gasteiger partial charge in [0.05, 0.1) is 26.2 Å². The highest BCUT2D eigenvalue weighted by Crippen LogP contribution is 2.19. The smallest absolute Gasteiger partial charge is 0.408 e. The Morgan fingerprint density at radius 2 is 1.28 bits per heavy atom. The zero-order chi connectivity index (χ0) is 44.3. The fourth-order valence-corrected chi connectivity index (χ4v) is 4.83. The Bertz CT molecular complexity index is 1480. The van der Waals surface area contributed by atoms with Crippen molar-refractivity contribution in [2.45, 2.75) is 132 Å². The molecule has 17 heteroatoms. The number of hydrogen-bond donors (Lipinski definition) is 5. The maximum absolute atomic E-state index is 13.4. The molecule has 0 fully saturated rings. The van der Waals surface area contributed by atoms with Crippen molar-refractivity contribution in [2.75, 3.05) is 45.1 Å². The predicted octanol–water partition coefficient (Wildman–Crippen LogP) is 3.86. The SMILES string of the molecule is CCCNC(N)=O.CCc1ccc(NC(=O)CNC(=O)C(NC(=O)OC(C)(C)C)C(C)C)cc1CN(C)C(=O)CN(CC(=O)OC(C)(C)C)CC(=O)OC(C)(C)C. The molecule has 0 bridgehead atoms. The molecule has 0 saturated heterocycles. The summed E-state index contributed by atoms with van der Waals surface area (Å²) in [4.78, 5) is 89.2. The van der Waals surface area contributed by atoms with Crippen LogP contribution in [0.15, 0.2) is 18.2 Å². The van der Waals surface area contributed by atoms with E-state index in [1.165, 1.54) is 9.80 Å². The number of nitrogens with one attached hydrogen (secondary N) is 4. The van der Waals surface area contributed by atoms with Crippen molar-refractivity contribution in [1.82, 2.24) is 25.8 Å². The van der Waals surface area contributed by atoms with E-state index in [1.54, 1.807) is 95.3 Å². The summed E-state index contributed by atoms with van der Waals surface area (Å²) < 4.78 is 16.1. The number of nitrogens with two attached hydrogens (primary N) is 1. The third-order valence-electron chi connectivity index (χ3n) is 7.20. The van der Waals surface area contributed by atoms with Crippen LogP contribution in [0.4, 0.5) is 15.3 Å². The van der Waals surface area contributed by atoms with E-state index in [4.69, 9.17) is 19.9 Å². The molecule has 0 heterocycles. The number of urea groups is 1. The molecule has 0 spiro atoms. The molecular formula is C40H69N7O10. The van der Waals surface area contributed by atoms with Crippen LogP contribution in [0.2, 0.25) is 0 Å². The van der Waals surface area contributed by atoms with Crippen LogP contribution in [0.5, 0.6) is 0 Å². The first kappa shape index (κ1) is 52.1. The van der Waals surface area contributed by atoms with Gasteiger partial charge in [0.25, 0.3) is 0 Å². The monoisotopic (exact) mass is 808 g/mol. The molecular weight excluding hydrogens is 738 g/mol. The summed E-state index contributed by atoms with van der Waals surface area (Å²) in [7, 11) is 1.61. The minimum absolute atomic E-state index is 0.182. The summed E-state index contributed by atoms with van der Waals surface area (Å²) in [5.74, 6) is -2.80. The Hall–Kier alpha value is -4.93. The van der Waals surface area contributed by atoms with Gasteiger partial charge in [-0.3, -0.25) is 28.9 Å². The molecule has 0 aliphatic carbocycles. The quantitative estimate of drug-likeness (QED) is 0.112. The van der Waals surface area contributed by atoms with E-state index < -0.39 is 58.7 Å². The fourth-order valence-electron chi connectivity index (χ4n) is 4.83. The molecule has 57 heavy (non-hydrogen) atoms. The molecule has 1 aromatic rings. The van der Waals surface area contributed by atoms with E-state index in [2.05, 4.69) is 21.3 Å². The summed E-state index contributed by atoms with van der Waals surface area (Å²) in [5.41, 5.74) is 4.69. The Morgan fingerprint density at radius 1 is 0.754 bits per heavy atom. The van der Waals surface area contributed by atoms with Crippen molar-refractivity contribution in [3.05, 3.63) is 29.3 Å². The highest BCUT2D eigenvalue weighted by molar-refractivity contribution is 5.96. The lowest BCUT2D eigenvalue weighted by Gasteiger charge is -2.27. The Labute approximate surface area is 338 Å². The number of ether oxygens (including phenoxy) is 3. The van der Waals surface area contributed by atoms with Crippen LogP contribution in [-0.2, 0) is 51.1 Å². The number of aryl methyl sites for hydroxylation is 1. The number of primary amides is 1.